The van der Waals surface area contributed by atoms with Gasteiger partial charge in [-0.1, -0.05) is 37.3 Å². The Labute approximate surface area is 239 Å². The van der Waals surface area contributed by atoms with Crippen molar-refractivity contribution >= 4 is 17.8 Å². The summed E-state index contributed by atoms with van der Waals surface area (Å²) in [6.07, 6.45) is -6.25. The maximum absolute atomic E-state index is 13.3. The third kappa shape index (κ3) is 8.67. The molecule has 0 aliphatic carbocycles. The average Bonchev–Trinajstić information content (AvgIpc) is 3.38. The zero-order chi connectivity index (χ0) is 30.1. The van der Waals surface area contributed by atoms with Crippen molar-refractivity contribution in [2.45, 2.75) is 81.5 Å². The van der Waals surface area contributed by atoms with Crippen molar-refractivity contribution in [2.75, 3.05) is 33.9 Å². The van der Waals surface area contributed by atoms with Gasteiger partial charge in [0.2, 0.25) is 11.8 Å². The van der Waals surface area contributed by atoms with E-state index in [-0.39, 0.29) is 50.0 Å². The maximum atomic E-state index is 13.3. The van der Waals surface area contributed by atoms with Crippen LogP contribution in [0.15, 0.2) is 30.3 Å². The van der Waals surface area contributed by atoms with Crippen LogP contribution in [0.4, 0.5) is 0 Å². The van der Waals surface area contributed by atoms with Crippen LogP contribution in [0.1, 0.15) is 31.7 Å². The normalized spacial score (nSPS) is 28.9. The molecule has 41 heavy (non-hydrogen) atoms. The monoisotopic (exact) mass is 581 g/mol. The number of hydrogen-bond acceptors (Lipinski definition) is 10. The van der Waals surface area contributed by atoms with Gasteiger partial charge in [0.25, 0.3) is 0 Å². The first-order valence-corrected chi connectivity index (χ1v) is 13.9. The van der Waals surface area contributed by atoms with Crippen molar-refractivity contribution in [3.8, 4) is 0 Å². The predicted molar refractivity (Wildman–Crippen MR) is 146 cm³/mol. The highest BCUT2D eigenvalue weighted by Crippen LogP contribution is 2.25. The number of likely N-dealkylation sites (tertiary alicyclic amines) is 1. The summed E-state index contributed by atoms with van der Waals surface area (Å²) in [5, 5.41) is 44.6. The summed E-state index contributed by atoms with van der Waals surface area (Å²) in [6.45, 7) is 2.85. The number of nitrogens with zero attached hydrogens (tertiary/aromatic N) is 1. The highest BCUT2D eigenvalue weighted by Gasteiger charge is 2.47. The van der Waals surface area contributed by atoms with E-state index in [1.165, 1.54) is 0 Å². The Morgan fingerprint density at radius 3 is 2.41 bits per heavy atom. The van der Waals surface area contributed by atoms with Gasteiger partial charge in [-0.25, -0.2) is 4.79 Å². The lowest BCUT2D eigenvalue weighted by Crippen LogP contribution is -2.60. The topological polar surface area (TPSA) is 187 Å². The first kappa shape index (κ1) is 32.9. The molecule has 2 aliphatic heterocycles. The van der Waals surface area contributed by atoms with Crippen LogP contribution < -0.4 is 10.6 Å². The van der Waals surface area contributed by atoms with Gasteiger partial charge < -0.3 is 50.2 Å². The van der Waals surface area contributed by atoms with E-state index in [1.807, 2.05) is 37.4 Å². The van der Waals surface area contributed by atoms with E-state index in [4.69, 9.17) is 19.3 Å². The van der Waals surface area contributed by atoms with Crippen molar-refractivity contribution < 1.29 is 49.0 Å². The highest BCUT2D eigenvalue weighted by molar-refractivity contribution is 5.88. The van der Waals surface area contributed by atoms with E-state index < -0.39 is 48.6 Å². The minimum atomic E-state index is -1.81. The van der Waals surface area contributed by atoms with Gasteiger partial charge in [0, 0.05) is 26.1 Å². The molecule has 2 fully saturated rings. The number of nitrogens with one attached hydrogen (secondary N) is 2. The lowest BCUT2D eigenvalue weighted by Gasteiger charge is -2.38. The molecule has 6 N–H and O–H groups in total. The molecule has 0 unspecified atom stereocenters. The number of methoxy groups -OCH3 is 1. The molecule has 13 heteroatoms. The first-order chi connectivity index (χ1) is 19.5. The minimum absolute atomic E-state index is 0.0473. The largest absolute Gasteiger partial charge is 0.479 e. The predicted octanol–water partition coefficient (Wildman–Crippen LogP) is -1.13. The first-order valence-electron chi connectivity index (χ1n) is 13.9. The molecular formula is C28H43N3O10. The second-order valence-corrected chi connectivity index (χ2v) is 10.7. The third-order valence-electron chi connectivity index (χ3n) is 7.77. The van der Waals surface area contributed by atoms with Crippen LogP contribution in [0.3, 0.4) is 0 Å². The summed E-state index contributed by atoms with van der Waals surface area (Å²) in [6, 6.07) is 8.60. The van der Waals surface area contributed by atoms with E-state index in [2.05, 4.69) is 15.5 Å². The van der Waals surface area contributed by atoms with Crippen molar-refractivity contribution in [2.24, 2.45) is 5.92 Å². The van der Waals surface area contributed by atoms with Crippen LogP contribution in [0.2, 0.25) is 0 Å². The van der Waals surface area contributed by atoms with Gasteiger partial charge in [-0.3, -0.25) is 9.59 Å². The molecule has 1 aromatic carbocycles. The minimum Gasteiger partial charge on any atom is -0.479 e. The van der Waals surface area contributed by atoms with Crippen molar-refractivity contribution in [1.29, 1.82) is 0 Å². The molecule has 3 rings (SSSR count). The molecule has 2 saturated heterocycles. The summed E-state index contributed by atoms with van der Waals surface area (Å²) < 4.78 is 16.2. The number of amides is 2. The maximum Gasteiger partial charge on any atom is 0.335 e. The Balaban J connectivity index is 1.55. The number of aliphatic carboxylic acids is 1. The number of likely N-dealkylation sites (N-methyl/N-ethyl adjacent to an activating group) is 1. The fraction of sp³-hybridized carbons (Fsp3) is 0.679. The van der Waals surface area contributed by atoms with Gasteiger partial charge in [0.15, 0.2) is 12.4 Å². The number of carbonyl (C=O) groups is 3. The number of hydrogen-bond donors (Lipinski definition) is 6. The van der Waals surface area contributed by atoms with Crippen molar-refractivity contribution in [1.82, 2.24) is 15.5 Å². The van der Waals surface area contributed by atoms with Crippen LogP contribution >= 0.6 is 0 Å². The Bertz CT molecular complexity index is 999. The van der Waals surface area contributed by atoms with Gasteiger partial charge in [-0.05, 0) is 38.4 Å². The van der Waals surface area contributed by atoms with Crippen molar-refractivity contribution in [3.63, 3.8) is 0 Å². The molecule has 0 saturated carbocycles. The van der Waals surface area contributed by atoms with Gasteiger partial charge in [-0.2, -0.15) is 0 Å². The lowest BCUT2D eigenvalue weighted by molar-refractivity contribution is -0.294. The van der Waals surface area contributed by atoms with Gasteiger partial charge in [0.05, 0.1) is 18.6 Å². The Morgan fingerprint density at radius 2 is 1.80 bits per heavy atom. The van der Waals surface area contributed by atoms with Crippen LogP contribution in [-0.4, -0.2) is 126 Å². The molecule has 0 radical (unpaired) electrons. The van der Waals surface area contributed by atoms with E-state index in [9.17, 15) is 29.7 Å². The second-order valence-electron chi connectivity index (χ2n) is 10.7. The summed E-state index contributed by atoms with van der Waals surface area (Å²) in [7, 11) is 3.61. The molecule has 13 nitrogen and oxygen atoms in total. The van der Waals surface area contributed by atoms with Gasteiger partial charge in [0.1, 0.15) is 24.4 Å². The lowest BCUT2D eigenvalue weighted by atomic mass is 9.94. The summed E-state index contributed by atoms with van der Waals surface area (Å²) in [5.74, 6) is -2.67. The third-order valence-corrected chi connectivity index (χ3v) is 7.77. The molecule has 2 heterocycles. The van der Waals surface area contributed by atoms with Gasteiger partial charge >= 0.3 is 5.97 Å². The molecule has 230 valence electrons. The number of carboxylic acids is 1. The van der Waals surface area contributed by atoms with E-state index >= 15 is 0 Å². The van der Waals surface area contributed by atoms with Crippen LogP contribution in [0, 0.1) is 5.92 Å². The van der Waals surface area contributed by atoms with E-state index in [0.29, 0.717) is 0 Å². The molecule has 0 aromatic heterocycles. The van der Waals surface area contributed by atoms with Crippen LogP contribution in [0.25, 0.3) is 0 Å². The van der Waals surface area contributed by atoms with Crippen molar-refractivity contribution in [3.05, 3.63) is 35.9 Å². The molecule has 9 atom stereocenters. The van der Waals surface area contributed by atoms with E-state index in [0.717, 1.165) is 24.9 Å². The molecule has 0 spiro atoms. The SMILES string of the molecule is CO[C@H]([C@@H](C)C(=O)N[C@@H](Cc1ccccc1)C(=O)NCCCO[C@@H]1O[C@H](C(=O)O)[C@@H](O)[C@H](O)[C@H]1O)[C@@H]1CCCN1C. The number of carboxylic acid groups (broad SMARTS) is 1. The number of aliphatic hydroxyl groups is 3. The molecular weight excluding hydrogens is 538 g/mol. The van der Waals surface area contributed by atoms with E-state index in [1.54, 1.807) is 14.0 Å². The number of ether oxygens (including phenoxy) is 3. The van der Waals surface area contributed by atoms with Crippen LogP contribution in [0.5, 0.6) is 0 Å². The summed E-state index contributed by atoms with van der Waals surface area (Å²) >= 11 is 0. The Morgan fingerprint density at radius 1 is 1.10 bits per heavy atom. The Hall–Kier alpha value is -2.65. The second kappa shape index (κ2) is 15.5. The summed E-state index contributed by atoms with van der Waals surface area (Å²) in [4.78, 5) is 39.9. The van der Waals surface area contributed by atoms with Crippen LogP contribution in [-0.2, 0) is 35.0 Å². The molecule has 0 bridgehead atoms. The quantitative estimate of drug-likeness (QED) is 0.146. The molecule has 2 amide bonds. The molecule has 2 aliphatic rings. The van der Waals surface area contributed by atoms with Gasteiger partial charge in [-0.15, -0.1) is 0 Å². The standard InChI is InChI=1S/C28H43N3O10/c1-16(23(39-3)19-11-7-13-31(19)2)25(35)30-18(15-17-9-5-4-6-10-17)26(36)29-12-8-14-40-28-22(34)20(32)21(33)24(41-28)27(37)38/h4-6,9-10,16,18-24,28,32-34H,7-8,11-15H2,1-3H3,(H,29,36)(H,30,35)(H,37,38)/t16-,18+,19+,20+,21+,22-,23-,24+,28-/m1/s1. The Kier molecular flexibility index (Phi) is 12.5. The number of carbonyl (C=O) groups excluding carboxylic acids is 2. The number of rotatable bonds is 14. The zero-order valence-electron chi connectivity index (χ0n) is 23.7. The number of benzene rings is 1. The summed E-state index contributed by atoms with van der Waals surface area (Å²) in [5.41, 5.74) is 0.875. The molecule has 1 aromatic rings. The number of aliphatic hydroxyl groups excluding tert-OH is 3. The zero-order valence-corrected chi connectivity index (χ0v) is 23.7. The highest BCUT2D eigenvalue weighted by atomic mass is 16.7. The fourth-order valence-electron chi connectivity index (χ4n) is 5.35. The average molecular weight is 582 g/mol. The smallest absolute Gasteiger partial charge is 0.335 e. The fourth-order valence-corrected chi connectivity index (χ4v) is 5.35.